The second-order valence-corrected chi connectivity index (χ2v) is 7.04. The first-order valence-electron chi connectivity index (χ1n) is 7.51. The van der Waals surface area contributed by atoms with Crippen molar-refractivity contribution in [3.8, 4) is 18.1 Å². The second kappa shape index (κ2) is 7.47. The van der Waals surface area contributed by atoms with E-state index in [9.17, 15) is 4.79 Å². The molecule has 0 aliphatic rings. The highest BCUT2D eigenvalue weighted by Crippen LogP contribution is 2.23. The molecule has 2 aromatic heterocycles. The van der Waals surface area contributed by atoms with Gasteiger partial charge in [-0.15, -0.1) is 17.8 Å². The van der Waals surface area contributed by atoms with Crippen LogP contribution in [-0.4, -0.2) is 17.1 Å². The minimum Gasteiger partial charge on any atom is -0.494 e. The molecule has 0 unspecified atom stereocenters. The predicted molar refractivity (Wildman–Crippen MR) is 98.4 cm³/mol. The van der Waals surface area contributed by atoms with Gasteiger partial charge in [-0.3, -0.25) is 4.79 Å². The molecule has 4 nitrogen and oxygen atoms in total. The molecule has 1 amide bonds. The highest BCUT2D eigenvalue weighted by atomic mass is 32.1. The lowest BCUT2D eigenvalue weighted by molar-refractivity contribution is -0.117. The Morgan fingerprint density at radius 1 is 1.42 bits per heavy atom. The van der Waals surface area contributed by atoms with Crippen LogP contribution in [0.15, 0.2) is 40.7 Å². The molecule has 0 radical (unpaired) electrons. The number of hydrogen-bond acceptors (Lipinski definition) is 4. The maximum absolute atomic E-state index is 12.2. The molecular weight excluding hydrogens is 340 g/mol. The van der Waals surface area contributed by atoms with E-state index in [1.807, 2.05) is 47.2 Å². The molecule has 3 rings (SSSR count). The molecule has 0 atom stereocenters. The number of carbonyl (C=O) groups excluding carboxylic acids is 1. The normalized spacial score (nSPS) is 11.6. The highest BCUT2D eigenvalue weighted by Gasteiger charge is 2.09. The average molecular weight is 356 g/mol. The van der Waals surface area contributed by atoms with Crippen molar-refractivity contribution in [3.05, 3.63) is 45.4 Å². The van der Waals surface area contributed by atoms with Gasteiger partial charge in [0.15, 0.2) is 4.80 Å². The number of rotatable bonds is 5. The van der Waals surface area contributed by atoms with E-state index >= 15 is 0 Å². The summed E-state index contributed by atoms with van der Waals surface area (Å²) in [7, 11) is 0. The van der Waals surface area contributed by atoms with Gasteiger partial charge in [0.25, 0.3) is 5.91 Å². The number of nitrogens with zero attached hydrogens (tertiary/aromatic N) is 2. The Hall–Kier alpha value is -2.36. The van der Waals surface area contributed by atoms with E-state index < -0.39 is 0 Å². The van der Waals surface area contributed by atoms with Gasteiger partial charge in [0.2, 0.25) is 0 Å². The summed E-state index contributed by atoms with van der Waals surface area (Å²) in [6.45, 7) is 2.93. The fourth-order valence-electron chi connectivity index (χ4n) is 2.35. The van der Waals surface area contributed by atoms with Gasteiger partial charge in [-0.25, -0.2) is 0 Å². The summed E-state index contributed by atoms with van der Waals surface area (Å²) in [6.07, 6.45) is 5.79. The van der Waals surface area contributed by atoms with Crippen molar-refractivity contribution in [1.82, 2.24) is 4.57 Å². The summed E-state index contributed by atoms with van der Waals surface area (Å²) in [4.78, 5) is 18.1. The smallest absolute Gasteiger partial charge is 0.253 e. The lowest BCUT2D eigenvalue weighted by Gasteiger charge is -2.03. The fourth-order valence-corrected chi connectivity index (χ4v) is 4.12. The number of amides is 1. The molecule has 122 valence electrons. The number of hydrogen-bond donors (Lipinski definition) is 0. The molecule has 0 spiro atoms. The number of thiophene rings is 1. The quantitative estimate of drug-likeness (QED) is 0.657. The van der Waals surface area contributed by atoms with Gasteiger partial charge >= 0.3 is 0 Å². The zero-order valence-electron chi connectivity index (χ0n) is 13.2. The van der Waals surface area contributed by atoms with E-state index in [0.29, 0.717) is 24.4 Å². The van der Waals surface area contributed by atoms with Crippen LogP contribution in [-0.2, 0) is 17.8 Å². The molecule has 0 saturated carbocycles. The van der Waals surface area contributed by atoms with E-state index in [4.69, 9.17) is 11.2 Å². The molecule has 0 N–H and O–H groups in total. The van der Waals surface area contributed by atoms with Gasteiger partial charge in [-0.05, 0) is 36.6 Å². The second-order valence-electron chi connectivity index (χ2n) is 5.00. The Labute approximate surface area is 148 Å². The molecule has 2 heterocycles. The number of ether oxygens (including phenoxy) is 1. The summed E-state index contributed by atoms with van der Waals surface area (Å²) >= 11 is 3.00. The van der Waals surface area contributed by atoms with Crippen molar-refractivity contribution in [1.29, 1.82) is 0 Å². The summed E-state index contributed by atoms with van der Waals surface area (Å²) in [5, 5.41) is 1.95. The summed E-state index contributed by atoms with van der Waals surface area (Å²) in [5.74, 6) is 3.26. The van der Waals surface area contributed by atoms with Crippen LogP contribution in [0.3, 0.4) is 0 Å². The fraction of sp³-hybridized carbons (Fsp3) is 0.222. The molecule has 0 saturated heterocycles. The Morgan fingerprint density at radius 3 is 3.00 bits per heavy atom. The van der Waals surface area contributed by atoms with Gasteiger partial charge in [0, 0.05) is 4.88 Å². The van der Waals surface area contributed by atoms with E-state index in [-0.39, 0.29) is 5.91 Å². The number of fused-ring (bicyclic) bond motifs is 1. The van der Waals surface area contributed by atoms with Crippen molar-refractivity contribution < 1.29 is 9.53 Å². The van der Waals surface area contributed by atoms with Crippen LogP contribution in [0.25, 0.3) is 10.2 Å². The molecule has 1 aromatic carbocycles. The Bertz CT molecular complexity index is 959. The number of benzene rings is 1. The van der Waals surface area contributed by atoms with Crippen LogP contribution in [0.5, 0.6) is 5.75 Å². The van der Waals surface area contributed by atoms with Crippen LogP contribution in [0, 0.1) is 12.3 Å². The molecule has 24 heavy (non-hydrogen) atoms. The van der Waals surface area contributed by atoms with Crippen LogP contribution in [0.1, 0.15) is 11.8 Å². The van der Waals surface area contributed by atoms with Crippen molar-refractivity contribution in [2.75, 3.05) is 6.61 Å². The monoisotopic (exact) mass is 356 g/mol. The first-order chi connectivity index (χ1) is 11.7. The lowest BCUT2D eigenvalue weighted by Crippen LogP contribution is -2.16. The first-order valence-corrected chi connectivity index (χ1v) is 9.20. The number of thiazole rings is 1. The van der Waals surface area contributed by atoms with Gasteiger partial charge in [0.1, 0.15) is 5.75 Å². The molecule has 0 aliphatic carbocycles. The van der Waals surface area contributed by atoms with Gasteiger partial charge in [-0.2, -0.15) is 4.99 Å². The third kappa shape index (κ3) is 3.58. The van der Waals surface area contributed by atoms with Crippen molar-refractivity contribution in [2.24, 2.45) is 4.99 Å². The van der Waals surface area contributed by atoms with Crippen LogP contribution in [0.2, 0.25) is 0 Å². The third-order valence-corrected chi connectivity index (χ3v) is 5.26. The third-order valence-electron chi connectivity index (χ3n) is 3.34. The van der Waals surface area contributed by atoms with Crippen LogP contribution < -0.4 is 9.54 Å². The largest absolute Gasteiger partial charge is 0.494 e. The first kappa shape index (κ1) is 16.5. The van der Waals surface area contributed by atoms with Gasteiger partial charge in [0.05, 0.1) is 29.8 Å². The number of aromatic nitrogens is 1. The zero-order valence-corrected chi connectivity index (χ0v) is 14.8. The van der Waals surface area contributed by atoms with Crippen molar-refractivity contribution >= 4 is 38.8 Å². The summed E-state index contributed by atoms with van der Waals surface area (Å²) in [5.41, 5.74) is 0.962. The molecule has 3 aromatic rings. The average Bonchev–Trinajstić information content (AvgIpc) is 3.16. The molecular formula is C18H16N2O2S2. The zero-order chi connectivity index (χ0) is 16.9. The number of terminal acetylenes is 1. The molecule has 0 bridgehead atoms. The highest BCUT2D eigenvalue weighted by molar-refractivity contribution is 7.16. The number of carbonyl (C=O) groups is 1. The van der Waals surface area contributed by atoms with Crippen molar-refractivity contribution in [3.63, 3.8) is 0 Å². The van der Waals surface area contributed by atoms with E-state index in [2.05, 4.69) is 10.9 Å². The van der Waals surface area contributed by atoms with E-state index in [1.54, 1.807) is 11.3 Å². The molecule has 6 heteroatoms. The summed E-state index contributed by atoms with van der Waals surface area (Å²) in [6, 6.07) is 9.69. The maximum Gasteiger partial charge on any atom is 0.253 e. The lowest BCUT2D eigenvalue weighted by atomic mass is 10.3. The Morgan fingerprint density at radius 2 is 2.29 bits per heavy atom. The Kier molecular flexibility index (Phi) is 5.14. The van der Waals surface area contributed by atoms with Gasteiger partial charge < -0.3 is 9.30 Å². The molecule has 0 aliphatic heterocycles. The Balaban J connectivity index is 2.02. The van der Waals surface area contributed by atoms with Gasteiger partial charge in [-0.1, -0.05) is 23.3 Å². The van der Waals surface area contributed by atoms with Crippen molar-refractivity contribution in [2.45, 2.75) is 19.9 Å². The summed E-state index contributed by atoms with van der Waals surface area (Å²) < 4.78 is 8.43. The van der Waals surface area contributed by atoms with Crippen LogP contribution in [0.4, 0.5) is 0 Å². The predicted octanol–water partition coefficient (Wildman–Crippen LogP) is 3.47. The molecule has 0 fully saturated rings. The standard InChI is InChI=1S/C18H16N2O2S2/c1-3-9-20-15-8-7-13(22-4-2)11-16(15)24-18(20)19-17(21)12-14-6-5-10-23-14/h1,5-8,10-11H,4,9,12H2,2H3. The minimum absolute atomic E-state index is 0.167. The topological polar surface area (TPSA) is 43.6 Å². The SMILES string of the molecule is C#CCn1c(=NC(=O)Cc2cccs2)sc2cc(OCC)ccc21. The van der Waals surface area contributed by atoms with E-state index in [0.717, 1.165) is 20.8 Å². The van der Waals surface area contributed by atoms with Crippen LogP contribution >= 0.6 is 22.7 Å². The van der Waals surface area contributed by atoms with E-state index in [1.165, 1.54) is 11.3 Å². The minimum atomic E-state index is -0.167. The maximum atomic E-state index is 12.2.